The zero-order chi connectivity index (χ0) is 13.1. The van der Waals surface area contributed by atoms with Crippen LogP contribution in [0.15, 0.2) is 24.3 Å². The third-order valence-electron chi connectivity index (χ3n) is 2.73. The van der Waals surface area contributed by atoms with Crippen LogP contribution in [-0.4, -0.2) is 24.7 Å². The minimum atomic E-state index is -3.20. The average molecular weight is 256 g/mol. The molecule has 0 aromatic heterocycles. The lowest BCUT2D eigenvalue weighted by Crippen LogP contribution is -2.18. The Morgan fingerprint density at radius 2 is 2.06 bits per heavy atom. The van der Waals surface area contributed by atoms with Gasteiger partial charge in [0.1, 0.15) is 0 Å². The number of aromatic carboxylic acids is 1. The number of hydrogen-bond donors (Lipinski definition) is 1. The maximum atomic E-state index is 11.9. The Labute approximate surface area is 101 Å². The highest BCUT2D eigenvalue weighted by atomic mass is 32.2. The van der Waals surface area contributed by atoms with Gasteiger partial charge in [-0.25, -0.2) is 13.2 Å². The largest absolute Gasteiger partial charge is 0.478 e. The van der Waals surface area contributed by atoms with Gasteiger partial charge in [-0.2, -0.15) is 0 Å². The second-order valence-electron chi connectivity index (χ2n) is 4.03. The van der Waals surface area contributed by atoms with E-state index < -0.39 is 21.1 Å². The van der Waals surface area contributed by atoms with E-state index in [2.05, 4.69) is 0 Å². The van der Waals surface area contributed by atoms with Gasteiger partial charge in [0.05, 0.1) is 16.6 Å². The first kappa shape index (κ1) is 13.7. The highest BCUT2D eigenvalue weighted by Crippen LogP contribution is 2.14. The maximum Gasteiger partial charge on any atom is 0.335 e. The smallest absolute Gasteiger partial charge is 0.335 e. The van der Waals surface area contributed by atoms with E-state index >= 15 is 0 Å². The Balaban J connectivity index is 2.96. The molecule has 0 spiro atoms. The predicted molar refractivity (Wildman–Crippen MR) is 65.8 cm³/mol. The van der Waals surface area contributed by atoms with E-state index in [1.54, 1.807) is 19.1 Å². The molecule has 1 rings (SSSR count). The molecule has 0 fully saturated rings. The molecule has 0 bridgehead atoms. The van der Waals surface area contributed by atoms with E-state index in [1.807, 2.05) is 6.92 Å². The number of sulfone groups is 1. The Bertz CT molecular complexity index is 505. The molecule has 0 saturated heterocycles. The molecule has 94 valence electrons. The second kappa shape index (κ2) is 5.31. The summed E-state index contributed by atoms with van der Waals surface area (Å²) in [6, 6.07) is 6.04. The standard InChI is InChI=1S/C12H16O4S/c1-3-9(2)17(15,16)8-10-5-4-6-11(7-10)12(13)14/h4-7,9H,3,8H2,1-2H3,(H,13,14). The number of hydrogen-bond acceptors (Lipinski definition) is 3. The second-order valence-corrected chi connectivity index (χ2v) is 6.45. The fourth-order valence-electron chi connectivity index (χ4n) is 1.42. The third kappa shape index (κ3) is 3.56. The summed E-state index contributed by atoms with van der Waals surface area (Å²) in [6.07, 6.45) is 0.557. The lowest BCUT2D eigenvalue weighted by molar-refractivity contribution is 0.0696. The summed E-state index contributed by atoms with van der Waals surface area (Å²) in [4.78, 5) is 10.8. The minimum Gasteiger partial charge on any atom is -0.478 e. The average Bonchev–Trinajstić information content (AvgIpc) is 2.27. The highest BCUT2D eigenvalue weighted by molar-refractivity contribution is 7.91. The molecular formula is C12H16O4S. The summed E-state index contributed by atoms with van der Waals surface area (Å²) >= 11 is 0. The van der Waals surface area contributed by atoms with Gasteiger partial charge in [0.15, 0.2) is 9.84 Å². The fraction of sp³-hybridized carbons (Fsp3) is 0.417. The van der Waals surface area contributed by atoms with Crippen molar-refractivity contribution in [3.63, 3.8) is 0 Å². The summed E-state index contributed by atoms with van der Waals surface area (Å²) in [6.45, 7) is 3.48. The number of carbonyl (C=O) groups is 1. The first-order valence-corrected chi connectivity index (χ1v) is 7.12. The van der Waals surface area contributed by atoms with E-state index in [0.717, 1.165) is 0 Å². The van der Waals surface area contributed by atoms with Gasteiger partial charge >= 0.3 is 5.97 Å². The molecule has 1 atom stereocenters. The molecule has 4 nitrogen and oxygen atoms in total. The number of rotatable bonds is 5. The Morgan fingerprint density at radius 3 is 2.59 bits per heavy atom. The zero-order valence-electron chi connectivity index (χ0n) is 9.88. The molecule has 0 amide bonds. The van der Waals surface area contributed by atoms with Crippen LogP contribution in [0.4, 0.5) is 0 Å². The number of carboxylic acids is 1. The molecule has 0 aliphatic rings. The van der Waals surface area contributed by atoms with Crippen molar-refractivity contribution >= 4 is 15.8 Å². The molecule has 1 aromatic rings. The predicted octanol–water partition coefficient (Wildman–Crippen LogP) is 2.10. The van der Waals surface area contributed by atoms with Crippen molar-refractivity contribution in [2.75, 3.05) is 0 Å². The molecule has 1 aromatic carbocycles. The summed E-state index contributed by atoms with van der Waals surface area (Å²) in [5.41, 5.74) is 0.632. The first-order valence-electron chi connectivity index (χ1n) is 5.40. The van der Waals surface area contributed by atoms with Gasteiger partial charge in [0.25, 0.3) is 0 Å². The van der Waals surface area contributed by atoms with Crippen LogP contribution in [0.1, 0.15) is 36.2 Å². The Hall–Kier alpha value is -1.36. The first-order chi connectivity index (χ1) is 7.86. The van der Waals surface area contributed by atoms with E-state index in [9.17, 15) is 13.2 Å². The highest BCUT2D eigenvalue weighted by Gasteiger charge is 2.19. The van der Waals surface area contributed by atoms with Crippen molar-refractivity contribution in [1.82, 2.24) is 0 Å². The molecule has 17 heavy (non-hydrogen) atoms. The zero-order valence-corrected chi connectivity index (χ0v) is 10.7. The van der Waals surface area contributed by atoms with Gasteiger partial charge in [-0.1, -0.05) is 19.1 Å². The van der Waals surface area contributed by atoms with E-state index in [1.165, 1.54) is 12.1 Å². The molecule has 0 radical (unpaired) electrons. The molecule has 1 N–H and O–H groups in total. The van der Waals surface area contributed by atoms with Gasteiger partial charge < -0.3 is 5.11 Å². The van der Waals surface area contributed by atoms with Gasteiger partial charge in [0, 0.05) is 0 Å². The van der Waals surface area contributed by atoms with Crippen LogP contribution in [0.25, 0.3) is 0 Å². The van der Waals surface area contributed by atoms with E-state index in [0.29, 0.717) is 12.0 Å². The summed E-state index contributed by atoms with van der Waals surface area (Å²) in [7, 11) is -3.20. The molecule has 5 heteroatoms. The van der Waals surface area contributed by atoms with Crippen LogP contribution >= 0.6 is 0 Å². The van der Waals surface area contributed by atoms with Crippen LogP contribution < -0.4 is 0 Å². The summed E-state index contributed by atoms with van der Waals surface area (Å²) < 4.78 is 23.7. The number of carboxylic acid groups (broad SMARTS) is 1. The molecular weight excluding hydrogens is 240 g/mol. The Kier molecular flexibility index (Phi) is 4.28. The molecule has 0 aliphatic carbocycles. The van der Waals surface area contributed by atoms with Crippen LogP contribution in [-0.2, 0) is 15.6 Å². The quantitative estimate of drug-likeness (QED) is 0.875. The fourth-order valence-corrected chi connectivity index (χ4v) is 2.86. The Morgan fingerprint density at radius 1 is 1.41 bits per heavy atom. The van der Waals surface area contributed by atoms with E-state index in [-0.39, 0.29) is 11.3 Å². The molecule has 0 saturated carbocycles. The maximum absolute atomic E-state index is 11.9. The van der Waals surface area contributed by atoms with Crippen molar-refractivity contribution < 1.29 is 18.3 Å². The van der Waals surface area contributed by atoms with Crippen molar-refractivity contribution in [2.24, 2.45) is 0 Å². The van der Waals surface area contributed by atoms with Gasteiger partial charge in [-0.3, -0.25) is 0 Å². The minimum absolute atomic E-state index is 0.108. The topological polar surface area (TPSA) is 71.4 Å². The molecule has 0 heterocycles. The van der Waals surface area contributed by atoms with Crippen molar-refractivity contribution in [3.8, 4) is 0 Å². The van der Waals surface area contributed by atoms with Crippen LogP contribution in [0, 0.1) is 0 Å². The summed E-state index contributed by atoms with van der Waals surface area (Å²) in [5, 5.41) is 8.41. The number of benzene rings is 1. The monoisotopic (exact) mass is 256 g/mol. The normalized spacial score (nSPS) is 13.3. The van der Waals surface area contributed by atoms with Crippen molar-refractivity contribution in [3.05, 3.63) is 35.4 Å². The van der Waals surface area contributed by atoms with Gasteiger partial charge in [-0.05, 0) is 31.0 Å². The SMILES string of the molecule is CCC(C)S(=O)(=O)Cc1cccc(C(=O)O)c1. The van der Waals surface area contributed by atoms with Crippen molar-refractivity contribution in [2.45, 2.75) is 31.3 Å². The lowest BCUT2D eigenvalue weighted by atomic mass is 10.1. The molecule has 0 aliphatic heterocycles. The van der Waals surface area contributed by atoms with Crippen LogP contribution in [0.2, 0.25) is 0 Å². The van der Waals surface area contributed by atoms with Crippen molar-refractivity contribution in [1.29, 1.82) is 0 Å². The van der Waals surface area contributed by atoms with Crippen LogP contribution in [0.5, 0.6) is 0 Å². The van der Waals surface area contributed by atoms with Crippen LogP contribution in [0.3, 0.4) is 0 Å². The lowest BCUT2D eigenvalue weighted by Gasteiger charge is -2.10. The molecule has 1 unspecified atom stereocenters. The third-order valence-corrected chi connectivity index (χ3v) is 5.02. The van der Waals surface area contributed by atoms with Gasteiger partial charge in [-0.15, -0.1) is 0 Å². The van der Waals surface area contributed by atoms with Gasteiger partial charge in [0.2, 0.25) is 0 Å². The summed E-state index contributed by atoms with van der Waals surface area (Å²) in [5.74, 6) is -1.16. The van der Waals surface area contributed by atoms with E-state index in [4.69, 9.17) is 5.11 Å².